The van der Waals surface area contributed by atoms with Crippen LogP contribution in [0.4, 0.5) is 13.2 Å². The highest BCUT2D eigenvalue weighted by atomic mass is 35.5. The molecule has 0 aliphatic heterocycles. The van der Waals surface area contributed by atoms with E-state index < -0.39 is 35.2 Å². The summed E-state index contributed by atoms with van der Waals surface area (Å²) in [6, 6.07) is 1.29. The normalized spacial score (nSPS) is 14.9. The molecule has 0 radical (unpaired) electrons. The van der Waals surface area contributed by atoms with E-state index in [4.69, 9.17) is 11.6 Å². The Balaban J connectivity index is 3.07. The molecule has 0 fully saturated rings. The van der Waals surface area contributed by atoms with E-state index in [1.165, 1.54) is 0 Å². The SMILES string of the molecule is OC(CCCl)C(O)c1c(F)ccc(F)c1F. The van der Waals surface area contributed by atoms with Crippen LogP contribution in [0.25, 0.3) is 0 Å². The summed E-state index contributed by atoms with van der Waals surface area (Å²) >= 11 is 5.31. The molecule has 16 heavy (non-hydrogen) atoms. The summed E-state index contributed by atoms with van der Waals surface area (Å²) < 4.78 is 39.2. The van der Waals surface area contributed by atoms with Gasteiger partial charge in [0.15, 0.2) is 11.6 Å². The first-order valence-electron chi connectivity index (χ1n) is 4.54. The summed E-state index contributed by atoms with van der Waals surface area (Å²) in [5, 5.41) is 18.8. The van der Waals surface area contributed by atoms with Gasteiger partial charge in [-0.1, -0.05) is 0 Å². The minimum Gasteiger partial charge on any atom is -0.390 e. The van der Waals surface area contributed by atoms with E-state index in [1.807, 2.05) is 0 Å². The summed E-state index contributed by atoms with van der Waals surface area (Å²) in [7, 11) is 0. The predicted octanol–water partition coefficient (Wildman–Crippen LogP) is 2.13. The van der Waals surface area contributed by atoms with Gasteiger partial charge >= 0.3 is 0 Å². The topological polar surface area (TPSA) is 40.5 Å². The molecule has 0 heterocycles. The predicted molar refractivity (Wildman–Crippen MR) is 52.6 cm³/mol. The maximum atomic E-state index is 13.2. The maximum Gasteiger partial charge on any atom is 0.167 e. The molecule has 2 nitrogen and oxygen atoms in total. The van der Waals surface area contributed by atoms with Crippen LogP contribution in [0, 0.1) is 17.5 Å². The molecular formula is C10H10ClF3O2. The Morgan fingerprint density at radius 3 is 2.25 bits per heavy atom. The fraction of sp³-hybridized carbons (Fsp3) is 0.400. The van der Waals surface area contributed by atoms with Gasteiger partial charge < -0.3 is 10.2 Å². The van der Waals surface area contributed by atoms with Gasteiger partial charge in [0.2, 0.25) is 0 Å². The lowest BCUT2D eigenvalue weighted by Gasteiger charge is -2.18. The van der Waals surface area contributed by atoms with Crippen LogP contribution in [0.15, 0.2) is 12.1 Å². The van der Waals surface area contributed by atoms with Crippen molar-refractivity contribution in [1.29, 1.82) is 0 Å². The molecule has 0 saturated heterocycles. The van der Waals surface area contributed by atoms with Gasteiger partial charge in [-0.3, -0.25) is 0 Å². The van der Waals surface area contributed by atoms with Crippen LogP contribution in [0.5, 0.6) is 0 Å². The molecule has 0 aromatic heterocycles. The number of aliphatic hydroxyl groups excluding tert-OH is 2. The van der Waals surface area contributed by atoms with Crippen molar-refractivity contribution >= 4 is 11.6 Å². The molecule has 90 valence electrons. The molecule has 6 heteroatoms. The average molecular weight is 255 g/mol. The molecule has 0 spiro atoms. The number of aliphatic hydroxyl groups is 2. The Morgan fingerprint density at radius 1 is 1.12 bits per heavy atom. The van der Waals surface area contributed by atoms with E-state index in [0.717, 1.165) is 0 Å². The van der Waals surface area contributed by atoms with E-state index in [2.05, 4.69) is 0 Å². The third-order valence-electron chi connectivity index (χ3n) is 2.14. The van der Waals surface area contributed by atoms with Crippen molar-refractivity contribution in [2.75, 3.05) is 5.88 Å². The number of alkyl halides is 1. The summed E-state index contributed by atoms with van der Waals surface area (Å²) in [6.45, 7) is 0. The van der Waals surface area contributed by atoms with Gasteiger partial charge in [-0.2, -0.15) is 0 Å². The lowest BCUT2D eigenvalue weighted by molar-refractivity contribution is 0.0123. The fourth-order valence-corrected chi connectivity index (χ4v) is 1.50. The van der Waals surface area contributed by atoms with Gasteiger partial charge in [0.05, 0.1) is 11.7 Å². The Bertz CT molecular complexity index is 373. The first-order valence-corrected chi connectivity index (χ1v) is 5.08. The van der Waals surface area contributed by atoms with Gasteiger partial charge in [0, 0.05) is 5.88 Å². The molecule has 1 aromatic carbocycles. The third-order valence-corrected chi connectivity index (χ3v) is 2.36. The average Bonchev–Trinajstić information content (AvgIpc) is 2.24. The van der Waals surface area contributed by atoms with Gasteiger partial charge in [0.25, 0.3) is 0 Å². The summed E-state index contributed by atoms with van der Waals surface area (Å²) in [6.07, 6.45) is -3.34. The van der Waals surface area contributed by atoms with Crippen molar-refractivity contribution in [1.82, 2.24) is 0 Å². The minimum atomic E-state index is -1.84. The molecule has 0 aliphatic carbocycles. The Hall–Kier alpha value is -0.780. The van der Waals surface area contributed by atoms with E-state index >= 15 is 0 Å². The molecular weight excluding hydrogens is 245 g/mol. The molecule has 2 unspecified atom stereocenters. The molecule has 1 rings (SSSR count). The smallest absolute Gasteiger partial charge is 0.167 e. The zero-order valence-corrected chi connectivity index (χ0v) is 8.89. The van der Waals surface area contributed by atoms with Crippen molar-refractivity contribution < 1.29 is 23.4 Å². The van der Waals surface area contributed by atoms with Gasteiger partial charge in [-0.15, -0.1) is 11.6 Å². The zero-order valence-electron chi connectivity index (χ0n) is 8.13. The Kier molecular flexibility index (Phi) is 4.58. The van der Waals surface area contributed by atoms with Gasteiger partial charge in [0.1, 0.15) is 11.9 Å². The monoisotopic (exact) mass is 254 g/mol. The third kappa shape index (κ3) is 2.66. The molecule has 2 atom stereocenters. The highest BCUT2D eigenvalue weighted by Crippen LogP contribution is 2.26. The van der Waals surface area contributed by atoms with Crippen LogP contribution in [0.1, 0.15) is 18.1 Å². The fourth-order valence-electron chi connectivity index (χ4n) is 1.28. The number of benzene rings is 1. The van der Waals surface area contributed by atoms with Gasteiger partial charge in [-0.25, -0.2) is 13.2 Å². The lowest BCUT2D eigenvalue weighted by Crippen LogP contribution is -2.21. The second kappa shape index (κ2) is 5.52. The minimum absolute atomic E-state index is 0.0107. The zero-order chi connectivity index (χ0) is 12.3. The van der Waals surface area contributed by atoms with Crippen molar-refractivity contribution in [2.45, 2.75) is 18.6 Å². The van der Waals surface area contributed by atoms with Crippen LogP contribution in [-0.4, -0.2) is 22.2 Å². The number of hydrogen-bond donors (Lipinski definition) is 2. The van der Waals surface area contributed by atoms with E-state index in [-0.39, 0.29) is 12.3 Å². The van der Waals surface area contributed by atoms with E-state index in [9.17, 15) is 23.4 Å². The number of rotatable bonds is 4. The van der Waals surface area contributed by atoms with Crippen molar-refractivity contribution in [3.8, 4) is 0 Å². The van der Waals surface area contributed by atoms with Crippen molar-refractivity contribution in [2.24, 2.45) is 0 Å². The lowest BCUT2D eigenvalue weighted by atomic mass is 10.0. The van der Waals surface area contributed by atoms with Crippen LogP contribution in [0.3, 0.4) is 0 Å². The molecule has 0 bridgehead atoms. The standard InChI is InChI=1S/C10H10ClF3O2/c11-4-3-7(15)10(16)8-5(12)1-2-6(13)9(8)14/h1-2,7,10,15-16H,3-4H2. The Labute approximate surface area is 95.3 Å². The second-order valence-corrected chi connectivity index (χ2v) is 3.62. The van der Waals surface area contributed by atoms with Crippen molar-refractivity contribution in [3.63, 3.8) is 0 Å². The second-order valence-electron chi connectivity index (χ2n) is 3.25. The first kappa shape index (κ1) is 13.3. The largest absolute Gasteiger partial charge is 0.390 e. The number of halogens is 4. The molecule has 0 saturated carbocycles. The van der Waals surface area contributed by atoms with Crippen LogP contribution >= 0.6 is 11.6 Å². The van der Waals surface area contributed by atoms with Crippen LogP contribution < -0.4 is 0 Å². The first-order chi connectivity index (χ1) is 7.49. The van der Waals surface area contributed by atoms with Crippen molar-refractivity contribution in [3.05, 3.63) is 35.1 Å². The van der Waals surface area contributed by atoms with Crippen LogP contribution in [-0.2, 0) is 0 Å². The molecule has 0 amide bonds. The van der Waals surface area contributed by atoms with E-state index in [1.54, 1.807) is 0 Å². The molecule has 2 N–H and O–H groups in total. The summed E-state index contributed by atoms with van der Waals surface area (Å²) in [5.41, 5.74) is -0.877. The summed E-state index contributed by atoms with van der Waals surface area (Å²) in [5.74, 6) is -3.88. The highest BCUT2D eigenvalue weighted by Gasteiger charge is 2.26. The Morgan fingerprint density at radius 2 is 1.69 bits per heavy atom. The highest BCUT2D eigenvalue weighted by molar-refractivity contribution is 6.17. The van der Waals surface area contributed by atoms with Gasteiger partial charge in [-0.05, 0) is 18.6 Å². The quantitative estimate of drug-likeness (QED) is 0.638. The van der Waals surface area contributed by atoms with Crippen LogP contribution in [0.2, 0.25) is 0 Å². The molecule has 0 aliphatic rings. The van der Waals surface area contributed by atoms with E-state index in [0.29, 0.717) is 12.1 Å². The number of hydrogen-bond acceptors (Lipinski definition) is 2. The summed E-state index contributed by atoms with van der Waals surface area (Å²) in [4.78, 5) is 0. The maximum absolute atomic E-state index is 13.2. The molecule has 1 aromatic rings.